The van der Waals surface area contributed by atoms with E-state index >= 15 is 0 Å². The van der Waals surface area contributed by atoms with E-state index in [9.17, 15) is 18.0 Å². The van der Waals surface area contributed by atoms with Crippen LogP contribution in [0, 0.1) is 0 Å². The Bertz CT molecular complexity index is 1110. The van der Waals surface area contributed by atoms with Crippen molar-refractivity contribution < 1.29 is 27.5 Å². The second-order valence-electron chi connectivity index (χ2n) is 7.99. The smallest absolute Gasteiger partial charge is 0.244 e. The van der Waals surface area contributed by atoms with E-state index in [-0.39, 0.29) is 18.1 Å². The quantitative estimate of drug-likeness (QED) is 0.546. The number of carbonyl (C=O) groups is 2. The highest BCUT2D eigenvalue weighted by Crippen LogP contribution is 2.34. The minimum Gasteiger partial charge on any atom is -0.486 e. The lowest BCUT2D eigenvalue weighted by molar-refractivity contribution is -0.138. The van der Waals surface area contributed by atoms with Gasteiger partial charge in [-0.1, -0.05) is 30.3 Å². The standard InChI is InChI=1S/C24H31N3O6S/c1-4-25-24(29)18(2)26(13-12-19-8-6-5-7-9-19)23(28)17-27(34(3,30)31)20-10-11-21-22(16-20)33-15-14-32-21/h5-11,16,18H,4,12-15,17H2,1-3H3,(H,25,29)/t18-/m0/s1. The molecule has 1 heterocycles. The molecule has 1 atom stereocenters. The number of nitrogens with one attached hydrogen (secondary N) is 1. The molecule has 0 saturated carbocycles. The number of likely N-dealkylation sites (N-methyl/N-ethyl adjacent to an activating group) is 1. The first-order valence-electron chi connectivity index (χ1n) is 11.2. The summed E-state index contributed by atoms with van der Waals surface area (Å²) in [6.07, 6.45) is 1.57. The Kier molecular flexibility index (Phi) is 8.38. The summed E-state index contributed by atoms with van der Waals surface area (Å²) in [6, 6.07) is 13.6. The fraction of sp³-hybridized carbons (Fsp3) is 0.417. The zero-order valence-electron chi connectivity index (χ0n) is 19.7. The molecule has 0 spiro atoms. The van der Waals surface area contributed by atoms with Gasteiger partial charge in [-0.2, -0.15) is 0 Å². The number of amides is 2. The highest BCUT2D eigenvalue weighted by atomic mass is 32.2. The van der Waals surface area contributed by atoms with Crippen LogP contribution in [0.2, 0.25) is 0 Å². The Labute approximate surface area is 200 Å². The van der Waals surface area contributed by atoms with Gasteiger partial charge in [-0.15, -0.1) is 0 Å². The highest BCUT2D eigenvalue weighted by molar-refractivity contribution is 7.92. The molecule has 0 fully saturated rings. The molecule has 10 heteroatoms. The van der Waals surface area contributed by atoms with Crippen molar-refractivity contribution in [3.05, 3.63) is 54.1 Å². The van der Waals surface area contributed by atoms with Gasteiger partial charge in [0.15, 0.2) is 11.5 Å². The SMILES string of the molecule is CCNC(=O)[C@H](C)N(CCc1ccccc1)C(=O)CN(c1ccc2c(c1)OCCO2)S(C)(=O)=O. The van der Waals surface area contributed by atoms with Gasteiger partial charge in [-0.25, -0.2) is 8.42 Å². The number of fused-ring (bicyclic) bond motifs is 1. The van der Waals surface area contributed by atoms with Gasteiger partial charge in [0.25, 0.3) is 0 Å². The minimum atomic E-state index is -3.81. The summed E-state index contributed by atoms with van der Waals surface area (Å²) in [4.78, 5) is 27.4. The first-order valence-corrected chi connectivity index (χ1v) is 13.0. The fourth-order valence-corrected chi connectivity index (χ4v) is 4.53. The zero-order valence-corrected chi connectivity index (χ0v) is 20.5. The molecule has 9 nitrogen and oxygen atoms in total. The lowest BCUT2D eigenvalue weighted by Gasteiger charge is -2.31. The Balaban J connectivity index is 1.85. The Hall–Kier alpha value is -3.27. The average molecular weight is 490 g/mol. The summed E-state index contributed by atoms with van der Waals surface area (Å²) in [5, 5.41) is 2.73. The molecule has 184 valence electrons. The van der Waals surface area contributed by atoms with E-state index < -0.39 is 28.5 Å². The molecule has 3 rings (SSSR count). The van der Waals surface area contributed by atoms with E-state index in [0.29, 0.717) is 37.7 Å². The number of sulfonamides is 1. The molecule has 0 aromatic heterocycles. The Morgan fingerprint density at radius 2 is 1.74 bits per heavy atom. The van der Waals surface area contributed by atoms with Crippen molar-refractivity contribution in [3.63, 3.8) is 0 Å². The first kappa shape index (κ1) is 25.4. The van der Waals surface area contributed by atoms with Gasteiger partial charge in [-0.3, -0.25) is 13.9 Å². The van der Waals surface area contributed by atoms with Crippen molar-refractivity contribution in [2.45, 2.75) is 26.3 Å². The number of anilines is 1. The molecular weight excluding hydrogens is 458 g/mol. The van der Waals surface area contributed by atoms with Crippen molar-refractivity contribution in [2.24, 2.45) is 0 Å². The third-order valence-corrected chi connectivity index (χ3v) is 6.64. The molecule has 1 aliphatic heterocycles. The van der Waals surface area contributed by atoms with E-state index in [1.165, 1.54) is 4.90 Å². The van der Waals surface area contributed by atoms with E-state index in [4.69, 9.17) is 9.47 Å². The van der Waals surface area contributed by atoms with Crippen LogP contribution >= 0.6 is 0 Å². The third-order valence-electron chi connectivity index (χ3n) is 5.50. The maximum atomic E-state index is 13.4. The number of benzene rings is 2. The van der Waals surface area contributed by atoms with Crippen molar-refractivity contribution in [3.8, 4) is 11.5 Å². The first-order chi connectivity index (χ1) is 16.2. The normalized spacial score (nSPS) is 13.6. The van der Waals surface area contributed by atoms with Gasteiger partial charge in [-0.05, 0) is 38.0 Å². The number of nitrogens with zero attached hydrogens (tertiary/aromatic N) is 2. The Morgan fingerprint density at radius 3 is 2.38 bits per heavy atom. The molecule has 2 amide bonds. The fourth-order valence-electron chi connectivity index (χ4n) is 3.69. The summed E-state index contributed by atoms with van der Waals surface area (Å²) in [5.74, 6) is 0.162. The maximum Gasteiger partial charge on any atom is 0.244 e. The van der Waals surface area contributed by atoms with Crippen molar-refractivity contribution in [1.82, 2.24) is 10.2 Å². The lowest BCUT2D eigenvalue weighted by Crippen LogP contribution is -2.52. The van der Waals surface area contributed by atoms with Crippen LogP contribution in [0.3, 0.4) is 0 Å². The van der Waals surface area contributed by atoms with Gasteiger partial charge in [0.1, 0.15) is 25.8 Å². The number of rotatable bonds is 10. The number of hydrogen-bond donors (Lipinski definition) is 1. The molecule has 0 saturated heterocycles. The molecule has 0 aliphatic carbocycles. The van der Waals surface area contributed by atoms with Gasteiger partial charge in [0.05, 0.1) is 11.9 Å². The van der Waals surface area contributed by atoms with Crippen LogP contribution in [0.1, 0.15) is 19.4 Å². The van der Waals surface area contributed by atoms with E-state index in [1.54, 1.807) is 32.0 Å². The van der Waals surface area contributed by atoms with Crippen molar-refractivity contribution in [2.75, 3.05) is 43.4 Å². The van der Waals surface area contributed by atoms with Gasteiger partial charge in [0, 0.05) is 19.2 Å². The lowest BCUT2D eigenvalue weighted by atomic mass is 10.1. The van der Waals surface area contributed by atoms with Gasteiger partial charge >= 0.3 is 0 Å². The number of carbonyl (C=O) groups excluding carboxylic acids is 2. The minimum absolute atomic E-state index is 0.264. The van der Waals surface area contributed by atoms with E-state index in [0.717, 1.165) is 16.1 Å². The number of hydrogen-bond acceptors (Lipinski definition) is 6. The molecule has 0 bridgehead atoms. The molecule has 0 radical (unpaired) electrons. The number of ether oxygens (including phenoxy) is 2. The summed E-state index contributed by atoms with van der Waals surface area (Å²) in [5.41, 5.74) is 1.30. The topological polar surface area (TPSA) is 105 Å². The molecule has 1 N–H and O–H groups in total. The van der Waals surface area contributed by atoms with E-state index in [2.05, 4.69) is 5.32 Å². The second kappa shape index (κ2) is 11.2. The van der Waals surface area contributed by atoms with Crippen molar-refractivity contribution >= 4 is 27.5 Å². The van der Waals surface area contributed by atoms with Crippen LogP contribution in [0.15, 0.2) is 48.5 Å². The van der Waals surface area contributed by atoms with Crippen LogP contribution in [-0.4, -0.2) is 70.3 Å². The largest absolute Gasteiger partial charge is 0.486 e. The maximum absolute atomic E-state index is 13.4. The Morgan fingerprint density at radius 1 is 1.06 bits per heavy atom. The predicted molar refractivity (Wildman–Crippen MR) is 130 cm³/mol. The summed E-state index contributed by atoms with van der Waals surface area (Å²) in [7, 11) is -3.81. The van der Waals surface area contributed by atoms with Crippen molar-refractivity contribution in [1.29, 1.82) is 0 Å². The van der Waals surface area contributed by atoms with Gasteiger partial charge in [0.2, 0.25) is 21.8 Å². The molecule has 2 aromatic rings. The van der Waals surface area contributed by atoms with Crippen LogP contribution in [0.25, 0.3) is 0 Å². The summed E-state index contributed by atoms with van der Waals surface area (Å²) in [6.45, 7) is 4.45. The predicted octanol–water partition coefficient (Wildman–Crippen LogP) is 1.82. The molecular formula is C24H31N3O6S. The molecule has 1 aliphatic rings. The van der Waals surface area contributed by atoms with Crippen LogP contribution in [0.4, 0.5) is 5.69 Å². The molecule has 0 unspecified atom stereocenters. The zero-order chi connectivity index (χ0) is 24.7. The highest BCUT2D eigenvalue weighted by Gasteiger charge is 2.30. The summed E-state index contributed by atoms with van der Waals surface area (Å²) >= 11 is 0. The summed E-state index contributed by atoms with van der Waals surface area (Å²) < 4.78 is 37.4. The monoisotopic (exact) mass is 489 g/mol. The van der Waals surface area contributed by atoms with Gasteiger partial charge < -0.3 is 19.7 Å². The van der Waals surface area contributed by atoms with Crippen LogP contribution in [0.5, 0.6) is 11.5 Å². The average Bonchev–Trinajstić information content (AvgIpc) is 2.82. The second-order valence-corrected chi connectivity index (χ2v) is 9.90. The molecule has 34 heavy (non-hydrogen) atoms. The molecule has 2 aromatic carbocycles. The van der Waals surface area contributed by atoms with Crippen LogP contribution < -0.4 is 19.1 Å². The van der Waals surface area contributed by atoms with E-state index in [1.807, 2.05) is 30.3 Å². The van der Waals surface area contributed by atoms with Crippen LogP contribution in [-0.2, 0) is 26.0 Å². The third kappa shape index (κ3) is 6.40.